The normalized spacial score (nSPS) is 20.0. The molecule has 1 aromatic heterocycles. The molecule has 8 nitrogen and oxygen atoms in total. The van der Waals surface area contributed by atoms with Crippen molar-refractivity contribution in [3.63, 3.8) is 0 Å². The van der Waals surface area contributed by atoms with Crippen molar-refractivity contribution in [2.24, 2.45) is 4.99 Å². The molecule has 1 unspecified atom stereocenters. The molecule has 0 aliphatic carbocycles. The van der Waals surface area contributed by atoms with Gasteiger partial charge < -0.3 is 4.74 Å². The number of ether oxygens (including phenoxy) is 1. The zero-order chi connectivity index (χ0) is 17.4. The summed E-state index contributed by atoms with van der Waals surface area (Å²) >= 11 is 0. The summed E-state index contributed by atoms with van der Waals surface area (Å²) < 4.78 is 8.98. The first-order chi connectivity index (χ1) is 11.5. The van der Waals surface area contributed by atoms with Crippen molar-refractivity contribution in [1.29, 1.82) is 0 Å². The number of imidazole rings is 1. The lowest BCUT2D eigenvalue weighted by molar-refractivity contribution is -0.677. The summed E-state index contributed by atoms with van der Waals surface area (Å²) in [7, 11) is 3.30. The number of imide groups is 1. The van der Waals surface area contributed by atoms with E-state index in [-0.39, 0.29) is 18.5 Å². The van der Waals surface area contributed by atoms with Crippen LogP contribution in [0.4, 0.5) is 10.7 Å². The molecule has 0 spiro atoms. The highest BCUT2D eigenvalue weighted by molar-refractivity contribution is 6.19. The lowest BCUT2D eigenvalue weighted by Gasteiger charge is -2.32. The summed E-state index contributed by atoms with van der Waals surface area (Å²) in [6.07, 6.45) is 5.52. The number of methoxy groups -OCH3 is 1. The largest absolute Gasteiger partial charge is 0.402 e. The Morgan fingerprint density at radius 1 is 1.42 bits per heavy atom. The van der Waals surface area contributed by atoms with Gasteiger partial charge in [-0.3, -0.25) is 14.6 Å². The standard InChI is InChI=1S/C16H22N5O3/c1-5-6-7-20-14(22)12-13(18(3)16(20)23)17-15-19(8-9-24-4)11(2)10-21(12)15/h5-6,10,12H,7-9H2,1-4H3/q+1/b6-5+. The van der Waals surface area contributed by atoms with Crippen LogP contribution in [0.3, 0.4) is 0 Å². The number of hydrogen-bond donors (Lipinski definition) is 0. The van der Waals surface area contributed by atoms with Gasteiger partial charge >= 0.3 is 12.0 Å². The van der Waals surface area contributed by atoms with Crippen molar-refractivity contribution >= 4 is 23.7 Å². The SMILES string of the molecule is C/C=C/CN1C(=O)C2C(=Nc3n(CCOC)c(C)c[n+]32)N(C)C1=O. The maximum absolute atomic E-state index is 12.9. The lowest BCUT2D eigenvalue weighted by Crippen LogP contribution is -2.62. The van der Waals surface area contributed by atoms with Crippen molar-refractivity contribution in [2.45, 2.75) is 26.4 Å². The van der Waals surface area contributed by atoms with Gasteiger partial charge in [0.2, 0.25) is 11.9 Å². The number of amides is 3. The third kappa shape index (κ3) is 2.34. The monoisotopic (exact) mass is 332 g/mol. The number of fused-ring (bicyclic) bond motifs is 3. The van der Waals surface area contributed by atoms with Crippen LogP contribution in [0.2, 0.25) is 0 Å². The molecule has 1 saturated heterocycles. The van der Waals surface area contributed by atoms with Gasteiger partial charge in [0.15, 0.2) is 0 Å². The molecular formula is C16H22N5O3+. The van der Waals surface area contributed by atoms with E-state index in [9.17, 15) is 9.59 Å². The zero-order valence-electron chi connectivity index (χ0n) is 14.4. The van der Waals surface area contributed by atoms with Crippen molar-refractivity contribution in [3.05, 3.63) is 24.0 Å². The molecular weight excluding hydrogens is 310 g/mol. The number of hydrogen-bond acceptors (Lipinski definition) is 4. The quantitative estimate of drug-likeness (QED) is 0.591. The summed E-state index contributed by atoms with van der Waals surface area (Å²) in [4.78, 5) is 32.6. The van der Waals surface area contributed by atoms with Crippen LogP contribution in [0.15, 0.2) is 23.3 Å². The number of aromatic nitrogens is 2. The number of likely N-dealkylation sites (N-methyl/N-ethyl adjacent to an activating group) is 1. The van der Waals surface area contributed by atoms with E-state index >= 15 is 0 Å². The summed E-state index contributed by atoms with van der Waals surface area (Å²) in [6.45, 7) is 5.28. The van der Waals surface area contributed by atoms with Gasteiger partial charge in [0.1, 0.15) is 11.9 Å². The number of carbonyl (C=O) groups excluding carboxylic acids is 2. The molecule has 0 bridgehead atoms. The van der Waals surface area contributed by atoms with Crippen LogP contribution in [-0.4, -0.2) is 59.4 Å². The average molecular weight is 332 g/mol. The Hall–Kier alpha value is -2.48. The molecule has 8 heteroatoms. The number of aliphatic imine (C=N–C) groups is 1. The van der Waals surface area contributed by atoms with Gasteiger partial charge in [-0.25, -0.2) is 13.9 Å². The molecule has 1 fully saturated rings. The third-order valence-corrected chi connectivity index (χ3v) is 4.37. The maximum atomic E-state index is 12.9. The van der Waals surface area contributed by atoms with Crippen molar-refractivity contribution in [1.82, 2.24) is 14.4 Å². The van der Waals surface area contributed by atoms with Gasteiger partial charge in [0.25, 0.3) is 5.91 Å². The summed E-state index contributed by atoms with van der Waals surface area (Å²) in [5.41, 5.74) is 0.997. The molecule has 3 heterocycles. The summed E-state index contributed by atoms with van der Waals surface area (Å²) in [6, 6.07) is -0.936. The zero-order valence-corrected chi connectivity index (χ0v) is 14.4. The average Bonchev–Trinajstić information content (AvgIpc) is 3.06. The van der Waals surface area contributed by atoms with Gasteiger partial charge in [0, 0.05) is 20.7 Å². The van der Waals surface area contributed by atoms with Gasteiger partial charge in [-0.2, -0.15) is 0 Å². The Bertz CT molecular complexity index is 749. The van der Waals surface area contributed by atoms with E-state index < -0.39 is 6.04 Å². The maximum Gasteiger partial charge on any atom is 0.402 e. The molecule has 2 aliphatic rings. The minimum absolute atomic E-state index is 0.248. The second-order valence-electron chi connectivity index (χ2n) is 5.85. The number of carbonyl (C=O) groups is 2. The van der Waals surface area contributed by atoms with Gasteiger partial charge in [0.05, 0.1) is 13.2 Å². The van der Waals surface area contributed by atoms with Crippen LogP contribution >= 0.6 is 0 Å². The minimum Gasteiger partial charge on any atom is -0.381 e. The molecule has 3 rings (SSSR count). The highest BCUT2D eigenvalue weighted by Crippen LogP contribution is 2.28. The van der Waals surface area contributed by atoms with E-state index in [2.05, 4.69) is 4.99 Å². The molecule has 1 atom stereocenters. The lowest BCUT2D eigenvalue weighted by atomic mass is 10.1. The molecule has 24 heavy (non-hydrogen) atoms. The molecule has 0 aromatic carbocycles. The molecule has 2 aliphatic heterocycles. The second-order valence-corrected chi connectivity index (χ2v) is 5.85. The molecule has 0 N–H and O–H groups in total. The molecule has 1 aromatic rings. The Kier molecular flexibility index (Phi) is 4.23. The fourth-order valence-electron chi connectivity index (χ4n) is 3.07. The first kappa shape index (κ1) is 16.4. The third-order valence-electron chi connectivity index (χ3n) is 4.37. The predicted octanol–water partition coefficient (Wildman–Crippen LogP) is 0.785. The van der Waals surface area contributed by atoms with Crippen molar-refractivity contribution in [3.8, 4) is 0 Å². The van der Waals surface area contributed by atoms with E-state index in [1.165, 1.54) is 9.80 Å². The van der Waals surface area contributed by atoms with Crippen molar-refractivity contribution < 1.29 is 18.9 Å². The fraction of sp³-hybridized carbons (Fsp3) is 0.500. The number of amidine groups is 1. The number of allylic oxidation sites excluding steroid dienone is 1. The molecule has 128 valence electrons. The number of nitrogens with zero attached hydrogens (tertiary/aromatic N) is 5. The highest BCUT2D eigenvalue weighted by atomic mass is 16.5. The van der Waals surface area contributed by atoms with Gasteiger partial charge in [-0.05, 0) is 13.8 Å². The van der Waals surface area contributed by atoms with E-state index in [4.69, 9.17) is 4.74 Å². The van der Waals surface area contributed by atoms with E-state index in [0.717, 1.165) is 5.69 Å². The summed E-state index contributed by atoms with van der Waals surface area (Å²) in [5, 5.41) is 0. The Morgan fingerprint density at radius 3 is 2.83 bits per heavy atom. The molecule has 3 amide bonds. The number of rotatable bonds is 5. The van der Waals surface area contributed by atoms with Crippen LogP contribution < -0.4 is 4.57 Å². The first-order valence-electron chi connectivity index (χ1n) is 7.90. The van der Waals surface area contributed by atoms with E-state index in [1.54, 1.807) is 20.2 Å². The Morgan fingerprint density at radius 2 is 2.17 bits per heavy atom. The van der Waals surface area contributed by atoms with Crippen LogP contribution in [-0.2, 0) is 16.1 Å². The van der Waals surface area contributed by atoms with Crippen LogP contribution in [0.1, 0.15) is 18.7 Å². The highest BCUT2D eigenvalue weighted by Gasteiger charge is 2.52. The fourth-order valence-corrected chi connectivity index (χ4v) is 3.07. The van der Waals surface area contributed by atoms with Crippen LogP contribution in [0.25, 0.3) is 0 Å². The smallest absolute Gasteiger partial charge is 0.381 e. The van der Waals surface area contributed by atoms with Gasteiger partial charge in [-0.1, -0.05) is 17.1 Å². The molecule has 0 radical (unpaired) electrons. The predicted molar refractivity (Wildman–Crippen MR) is 87.1 cm³/mol. The second kappa shape index (κ2) is 6.20. The minimum atomic E-state index is -0.588. The van der Waals surface area contributed by atoms with Gasteiger partial charge in [-0.15, -0.1) is 0 Å². The van der Waals surface area contributed by atoms with Crippen LogP contribution in [0, 0.1) is 6.92 Å². The van der Waals surface area contributed by atoms with Crippen molar-refractivity contribution in [2.75, 3.05) is 27.3 Å². The Labute approximate surface area is 140 Å². The summed E-state index contributed by atoms with van der Waals surface area (Å²) in [5.74, 6) is 0.899. The number of aryl methyl sites for hydroxylation is 1. The topological polar surface area (TPSA) is 71.0 Å². The molecule has 0 saturated carbocycles. The van der Waals surface area contributed by atoms with Crippen LogP contribution in [0.5, 0.6) is 0 Å². The van der Waals surface area contributed by atoms with E-state index in [1.807, 2.05) is 35.3 Å². The number of urea groups is 1. The van der Waals surface area contributed by atoms with E-state index in [0.29, 0.717) is 24.9 Å². The Balaban J connectivity index is 2.02. The first-order valence-corrected chi connectivity index (χ1v) is 7.90.